The summed E-state index contributed by atoms with van der Waals surface area (Å²) in [6.45, 7) is 5.22. The van der Waals surface area contributed by atoms with Crippen LogP contribution in [-0.4, -0.2) is 36.4 Å². The summed E-state index contributed by atoms with van der Waals surface area (Å²) in [6, 6.07) is 0. The number of allylic oxidation sites excluding steroid dienone is 2. The highest BCUT2D eigenvalue weighted by Crippen LogP contribution is 2.13. The number of aliphatic hydroxyl groups excluding tert-OH is 1. The zero-order valence-corrected chi connectivity index (χ0v) is 26.4. The van der Waals surface area contributed by atoms with Gasteiger partial charge >= 0.3 is 11.9 Å². The first-order chi connectivity index (χ1) is 19.6. The maximum Gasteiger partial charge on any atom is 0.306 e. The second-order valence-electron chi connectivity index (χ2n) is 11.3. The molecule has 0 aliphatic rings. The summed E-state index contributed by atoms with van der Waals surface area (Å²) < 4.78 is 10.5. The summed E-state index contributed by atoms with van der Waals surface area (Å²) >= 11 is 0. The molecule has 0 aromatic heterocycles. The van der Waals surface area contributed by atoms with E-state index in [1.807, 2.05) is 12.2 Å². The normalized spacial score (nSPS) is 11.7. The van der Waals surface area contributed by atoms with Gasteiger partial charge in [-0.1, -0.05) is 128 Å². The molecule has 0 saturated heterocycles. The number of esters is 2. The number of hydrogen-bond acceptors (Lipinski definition) is 5. The molecule has 0 radical (unpaired) electrons. The van der Waals surface area contributed by atoms with Crippen LogP contribution in [0.3, 0.4) is 0 Å². The maximum atomic E-state index is 11.8. The minimum Gasteiger partial charge on any atom is -0.461 e. The Morgan fingerprint density at radius 1 is 0.525 bits per heavy atom. The van der Waals surface area contributed by atoms with E-state index in [4.69, 9.17) is 9.47 Å². The number of carbonyl (C=O) groups excluding carboxylic acids is 2. The lowest BCUT2D eigenvalue weighted by molar-refractivity contribution is -0.143. The van der Waals surface area contributed by atoms with E-state index >= 15 is 0 Å². The molecule has 0 unspecified atom stereocenters. The molecule has 0 bridgehead atoms. The minimum absolute atomic E-state index is 0.132. The van der Waals surface area contributed by atoms with Crippen LogP contribution in [0.2, 0.25) is 0 Å². The van der Waals surface area contributed by atoms with Crippen LogP contribution >= 0.6 is 0 Å². The van der Waals surface area contributed by atoms with E-state index in [9.17, 15) is 14.7 Å². The first-order valence-electron chi connectivity index (χ1n) is 16.9. The maximum absolute atomic E-state index is 11.8. The summed E-state index contributed by atoms with van der Waals surface area (Å²) in [5.41, 5.74) is 0. The van der Waals surface area contributed by atoms with E-state index < -0.39 is 0 Å². The number of ether oxygens (including phenoxy) is 2. The number of aliphatic hydroxyl groups is 1. The fourth-order valence-electron chi connectivity index (χ4n) is 4.68. The molecule has 0 heterocycles. The fourth-order valence-corrected chi connectivity index (χ4v) is 4.68. The molecule has 0 saturated carbocycles. The van der Waals surface area contributed by atoms with Gasteiger partial charge < -0.3 is 14.6 Å². The third-order valence-corrected chi connectivity index (χ3v) is 7.30. The highest BCUT2D eigenvalue weighted by Gasteiger charge is 2.07. The van der Waals surface area contributed by atoms with Gasteiger partial charge in [-0.25, -0.2) is 0 Å². The molecular weight excluding hydrogens is 500 g/mol. The van der Waals surface area contributed by atoms with Gasteiger partial charge in [-0.15, -0.1) is 0 Å². The van der Waals surface area contributed by atoms with E-state index in [2.05, 4.69) is 26.0 Å². The van der Waals surface area contributed by atoms with Crippen molar-refractivity contribution in [3.05, 3.63) is 24.3 Å². The average molecular weight is 565 g/mol. The van der Waals surface area contributed by atoms with Gasteiger partial charge in [0, 0.05) is 12.8 Å². The molecule has 5 heteroatoms. The van der Waals surface area contributed by atoms with Crippen LogP contribution in [0.1, 0.15) is 168 Å². The van der Waals surface area contributed by atoms with E-state index in [1.165, 1.54) is 77.0 Å². The Hall–Kier alpha value is -1.62. The number of unbranched alkanes of at least 4 members (excludes halogenated alkanes) is 16. The standard InChI is InChI=1S/C35H64O5/c1-3-5-7-9-11-13-15-17-25-31-39-34(37)29-23-19-21-27-33(36)28-22-20-24-30-35(38)40-32-26-18-16-14-12-10-8-6-4-2/h17-18,25-26,33,36H,3-16,19-24,27-32H2,1-2H3/b25-17-,26-18-. The minimum atomic E-state index is -0.299. The summed E-state index contributed by atoms with van der Waals surface area (Å²) in [5, 5.41) is 10.2. The topological polar surface area (TPSA) is 72.8 Å². The van der Waals surface area contributed by atoms with Crippen molar-refractivity contribution in [2.24, 2.45) is 0 Å². The van der Waals surface area contributed by atoms with E-state index in [-0.39, 0.29) is 18.0 Å². The van der Waals surface area contributed by atoms with Crippen LogP contribution in [0.15, 0.2) is 24.3 Å². The zero-order valence-electron chi connectivity index (χ0n) is 26.4. The van der Waals surface area contributed by atoms with Crippen molar-refractivity contribution in [2.75, 3.05) is 13.2 Å². The Balaban J connectivity index is 3.45. The molecule has 0 aliphatic carbocycles. The van der Waals surface area contributed by atoms with Gasteiger partial charge in [0.25, 0.3) is 0 Å². The van der Waals surface area contributed by atoms with Crippen LogP contribution in [0.5, 0.6) is 0 Å². The molecule has 234 valence electrons. The Bertz CT molecular complexity index is 561. The largest absolute Gasteiger partial charge is 0.461 e. The van der Waals surface area contributed by atoms with Crippen molar-refractivity contribution < 1.29 is 24.2 Å². The van der Waals surface area contributed by atoms with Gasteiger partial charge in [0.15, 0.2) is 0 Å². The molecule has 0 fully saturated rings. The third-order valence-electron chi connectivity index (χ3n) is 7.30. The van der Waals surface area contributed by atoms with Gasteiger partial charge in [-0.05, 0) is 51.4 Å². The zero-order chi connectivity index (χ0) is 29.4. The number of rotatable bonds is 30. The Morgan fingerprint density at radius 3 is 1.32 bits per heavy atom. The van der Waals surface area contributed by atoms with Crippen molar-refractivity contribution >= 4 is 11.9 Å². The lowest BCUT2D eigenvalue weighted by atomic mass is 10.0. The molecular formula is C35H64O5. The quantitative estimate of drug-likeness (QED) is 0.0534. The lowest BCUT2D eigenvalue weighted by Gasteiger charge is -2.10. The van der Waals surface area contributed by atoms with Gasteiger partial charge in [0.2, 0.25) is 0 Å². The molecule has 0 aliphatic heterocycles. The summed E-state index contributed by atoms with van der Waals surface area (Å²) in [6.07, 6.45) is 33.3. The first-order valence-corrected chi connectivity index (χ1v) is 16.9. The summed E-state index contributed by atoms with van der Waals surface area (Å²) in [4.78, 5) is 23.7. The predicted octanol–water partition coefficient (Wildman–Crippen LogP) is 9.95. The van der Waals surface area contributed by atoms with Crippen molar-refractivity contribution in [3.63, 3.8) is 0 Å². The van der Waals surface area contributed by atoms with E-state index in [0.717, 1.165) is 64.2 Å². The van der Waals surface area contributed by atoms with Crippen molar-refractivity contribution in [3.8, 4) is 0 Å². The molecule has 0 atom stereocenters. The third kappa shape index (κ3) is 30.9. The predicted molar refractivity (Wildman–Crippen MR) is 168 cm³/mol. The van der Waals surface area contributed by atoms with Gasteiger partial charge in [-0.2, -0.15) is 0 Å². The highest BCUT2D eigenvalue weighted by atomic mass is 16.5. The number of carbonyl (C=O) groups is 2. The second kappa shape index (κ2) is 31.9. The molecule has 1 N–H and O–H groups in total. The lowest BCUT2D eigenvalue weighted by Crippen LogP contribution is -2.07. The van der Waals surface area contributed by atoms with Crippen molar-refractivity contribution in [1.82, 2.24) is 0 Å². The molecule has 40 heavy (non-hydrogen) atoms. The van der Waals surface area contributed by atoms with Crippen LogP contribution < -0.4 is 0 Å². The van der Waals surface area contributed by atoms with Crippen LogP contribution in [0.25, 0.3) is 0 Å². The van der Waals surface area contributed by atoms with Gasteiger partial charge in [-0.3, -0.25) is 9.59 Å². The molecule has 5 nitrogen and oxygen atoms in total. The Morgan fingerprint density at radius 2 is 0.900 bits per heavy atom. The summed E-state index contributed by atoms with van der Waals surface area (Å²) in [7, 11) is 0. The van der Waals surface area contributed by atoms with Crippen molar-refractivity contribution in [1.29, 1.82) is 0 Å². The van der Waals surface area contributed by atoms with Gasteiger partial charge in [0.05, 0.1) is 6.10 Å². The Labute approximate surface area is 247 Å². The smallest absolute Gasteiger partial charge is 0.306 e. The Kier molecular flexibility index (Phi) is 30.6. The first kappa shape index (κ1) is 38.4. The van der Waals surface area contributed by atoms with Crippen LogP contribution in [0, 0.1) is 0 Å². The summed E-state index contributed by atoms with van der Waals surface area (Å²) in [5.74, 6) is -0.264. The molecule has 0 aromatic carbocycles. The molecule has 0 spiro atoms. The molecule has 0 amide bonds. The van der Waals surface area contributed by atoms with Crippen LogP contribution in [-0.2, 0) is 19.1 Å². The molecule has 0 rings (SSSR count). The van der Waals surface area contributed by atoms with E-state index in [1.54, 1.807) is 0 Å². The molecule has 0 aromatic rings. The highest BCUT2D eigenvalue weighted by molar-refractivity contribution is 5.69. The SMILES string of the molecule is CCCCCCCC/C=C\COC(=O)CCCCCC(O)CCCCCC(=O)OC/C=C\CCCCCCCC. The van der Waals surface area contributed by atoms with Gasteiger partial charge in [0.1, 0.15) is 13.2 Å². The van der Waals surface area contributed by atoms with Crippen molar-refractivity contribution in [2.45, 2.75) is 174 Å². The fraction of sp³-hybridized carbons (Fsp3) is 0.829. The second-order valence-corrected chi connectivity index (χ2v) is 11.3. The van der Waals surface area contributed by atoms with Crippen LogP contribution in [0.4, 0.5) is 0 Å². The van der Waals surface area contributed by atoms with E-state index in [0.29, 0.717) is 26.1 Å². The number of hydrogen-bond donors (Lipinski definition) is 1. The average Bonchev–Trinajstić information content (AvgIpc) is 2.94. The monoisotopic (exact) mass is 564 g/mol.